The summed E-state index contributed by atoms with van der Waals surface area (Å²) >= 11 is 0. The molecule has 1 atom stereocenters. The average Bonchev–Trinajstić information content (AvgIpc) is 2.28. The Labute approximate surface area is 104 Å². The second-order valence-corrected chi connectivity index (χ2v) is 5.74. The number of ether oxygens (including phenoxy) is 1. The van der Waals surface area contributed by atoms with Crippen LogP contribution in [0.3, 0.4) is 0 Å². The Morgan fingerprint density at radius 2 is 2.00 bits per heavy atom. The van der Waals surface area contributed by atoms with Gasteiger partial charge in [-0.15, -0.1) is 0 Å². The summed E-state index contributed by atoms with van der Waals surface area (Å²) < 4.78 is 4.55. The fraction of sp³-hybridized carbons (Fsp3) is 0.923. The normalized spacial score (nSPS) is 22.8. The fourth-order valence-corrected chi connectivity index (χ4v) is 2.48. The number of hydrogen-bond acceptors (Lipinski definition) is 4. The minimum Gasteiger partial charge on any atom is -0.467 e. The molecular formula is C13H25NO3. The zero-order chi connectivity index (χ0) is 12.9. The summed E-state index contributed by atoms with van der Waals surface area (Å²) in [5, 5.41) is 13.1. The SMILES string of the molecule is COC(=O)C(C)(O)CNCC1(C)CCCCC1. The van der Waals surface area contributed by atoms with Crippen LogP contribution in [0.15, 0.2) is 0 Å². The van der Waals surface area contributed by atoms with E-state index in [0.717, 1.165) is 6.54 Å². The van der Waals surface area contributed by atoms with E-state index >= 15 is 0 Å². The van der Waals surface area contributed by atoms with Gasteiger partial charge in [0.15, 0.2) is 5.60 Å². The van der Waals surface area contributed by atoms with E-state index in [2.05, 4.69) is 17.0 Å². The number of esters is 1. The third kappa shape index (κ3) is 4.28. The highest BCUT2D eigenvalue weighted by molar-refractivity contribution is 5.78. The first-order valence-electron chi connectivity index (χ1n) is 6.41. The van der Waals surface area contributed by atoms with Gasteiger partial charge in [0.2, 0.25) is 0 Å². The van der Waals surface area contributed by atoms with Crippen molar-refractivity contribution in [2.24, 2.45) is 5.41 Å². The second-order valence-electron chi connectivity index (χ2n) is 5.74. The van der Waals surface area contributed by atoms with Crippen molar-refractivity contribution in [3.05, 3.63) is 0 Å². The minimum absolute atomic E-state index is 0.245. The van der Waals surface area contributed by atoms with E-state index in [-0.39, 0.29) is 6.54 Å². The van der Waals surface area contributed by atoms with Crippen LogP contribution in [-0.2, 0) is 9.53 Å². The molecule has 4 heteroatoms. The lowest BCUT2D eigenvalue weighted by molar-refractivity contribution is -0.160. The lowest BCUT2D eigenvalue weighted by Gasteiger charge is -2.34. The lowest BCUT2D eigenvalue weighted by atomic mass is 9.75. The monoisotopic (exact) mass is 243 g/mol. The molecule has 1 fully saturated rings. The molecule has 0 aromatic rings. The Hall–Kier alpha value is -0.610. The predicted octanol–water partition coefficient (Wildman–Crippen LogP) is 1.47. The Morgan fingerprint density at radius 1 is 1.41 bits per heavy atom. The Balaban J connectivity index is 2.33. The standard InChI is InChI=1S/C13H25NO3/c1-12(7-5-4-6-8-12)9-14-10-13(2,16)11(15)17-3/h14,16H,4-10H2,1-3H3. The highest BCUT2D eigenvalue weighted by Crippen LogP contribution is 2.34. The van der Waals surface area contributed by atoms with Crippen molar-refractivity contribution < 1.29 is 14.6 Å². The van der Waals surface area contributed by atoms with Gasteiger partial charge in [0.25, 0.3) is 0 Å². The van der Waals surface area contributed by atoms with Crippen molar-refractivity contribution in [1.29, 1.82) is 0 Å². The van der Waals surface area contributed by atoms with E-state index in [1.165, 1.54) is 46.1 Å². The van der Waals surface area contributed by atoms with Crippen LogP contribution in [0.2, 0.25) is 0 Å². The van der Waals surface area contributed by atoms with E-state index < -0.39 is 11.6 Å². The molecule has 17 heavy (non-hydrogen) atoms. The maximum Gasteiger partial charge on any atom is 0.338 e. The predicted molar refractivity (Wildman–Crippen MR) is 66.7 cm³/mol. The van der Waals surface area contributed by atoms with Gasteiger partial charge in [-0.05, 0) is 25.2 Å². The summed E-state index contributed by atoms with van der Waals surface area (Å²) in [6, 6.07) is 0. The van der Waals surface area contributed by atoms with Crippen LogP contribution in [-0.4, -0.2) is 36.9 Å². The first-order valence-corrected chi connectivity index (χ1v) is 6.41. The van der Waals surface area contributed by atoms with Crippen LogP contribution in [0.5, 0.6) is 0 Å². The van der Waals surface area contributed by atoms with Crippen molar-refractivity contribution in [3.63, 3.8) is 0 Å². The average molecular weight is 243 g/mol. The number of rotatable bonds is 5. The van der Waals surface area contributed by atoms with Gasteiger partial charge in [0.05, 0.1) is 7.11 Å². The van der Waals surface area contributed by atoms with Gasteiger partial charge in [0.1, 0.15) is 0 Å². The van der Waals surface area contributed by atoms with Crippen LogP contribution in [0.4, 0.5) is 0 Å². The molecular weight excluding hydrogens is 218 g/mol. The van der Waals surface area contributed by atoms with Crippen molar-refractivity contribution >= 4 is 5.97 Å². The van der Waals surface area contributed by atoms with E-state index in [9.17, 15) is 9.90 Å². The van der Waals surface area contributed by atoms with E-state index in [1.54, 1.807) is 0 Å². The minimum atomic E-state index is -1.43. The van der Waals surface area contributed by atoms with Crippen molar-refractivity contribution in [2.45, 2.75) is 51.6 Å². The van der Waals surface area contributed by atoms with Gasteiger partial charge >= 0.3 is 5.97 Å². The molecule has 0 spiro atoms. The molecule has 0 heterocycles. The molecule has 0 amide bonds. The van der Waals surface area contributed by atoms with Gasteiger partial charge in [-0.25, -0.2) is 4.79 Å². The van der Waals surface area contributed by atoms with Gasteiger partial charge in [-0.3, -0.25) is 0 Å². The van der Waals surface area contributed by atoms with Gasteiger partial charge in [0, 0.05) is 13.1 Å². The van der Waals surface area contributed by atoms with Crippen LogP contribution < -0.4 is 5.32 Å². The summed E-state index contributed by atoms with van der Waals surface area (Å²) in [6.07, 6.45) is 6.34. The van der Waals surface area contributed by atoms with Crippen molar-refractivity contribution in [3.8, 4) is 0 Å². The molecule has 1 aliphatic carbocycles. The highest BCUT2D eigenvalue weighted by atomic mass is 16.5. The molecule has 0 bridgehead atoms. The topological polar surface area (TPSA) is 58.6 Å². The number of carbonyl (C=O) groups is 1. The van der Waals surface area contributed by atoms with Crippen LogP contribution in [0, 0.1) is 5.41 Å². The number of hydrogen-bond donors (Lipinski definition) is 2. The number of aliphatic hydroxyl groups is 1. The van der Waals surface area contributed by atoms with Crippen molar-refractivity contribution in [2.75, 3.05) is 20.2 Å². The summed E-state index contributed by atoms with van der Waals surface area (Å²) in [5.74, 6) is -0.584. The third-order valence-electron chi connectivity index (χ3n) is 3.71. The molecule has 0 aliphatic heterocycles. The molecule has 2 N–H and O–H groups in total. The Kier molecular flexibility index (Phi) is 4.95. The largest absolute Gasteiger partial charge is 0.467 e. The quantitative estimate of drug-likeness (QED) is 0.718. The lowest BCUT2D eigenvalue weighted by Crippen LogP contribution is -2.48. The fourth-order valence-electron chi connectivity index (χ4n) is 2.48. The molecule has 0 saturated heterocycles. The van der Waals surface area contributed by atoms with Crippen LogP contribution >= 0.6 is 0 Å². The summed E-state index contributed by atoms with van der Waals surface area (Å²) in [6.45, 7) is 4.84. The molecule has 100 valence electrons. The number of nitrogens with one attached hydrogen (secondary N) is 1. The molecule has 0 radical (unpaired) electrons. The first-order chi connectivity index (χ1) is 7.90. The maximum absolute atomic E-state index is 11.3. The van der Waals surface area contributed by atoms with Gasteiger partial charge in [-0.1, -0.05) is 26.2 Å². The molecule has 0 aromatic carbocycles. The molecule has 1 saturated carbocycles. The molecule has 1 aliphatic rings. The van der Waals surface area contributed by atoms with Crippen LogP contribution in [0.1, 0.15) is 46.0 Å². The first kappa shape index (κ1) is 14.5. The van der Waals surface area contributed by atoms with E-state index in [1.807, 2.05) is 0 Å². The zero-order valence-electron chi connectivity index (χ0n) is 11.2. The van der Waals surface area contributed by atoms with Gasteiger partial charge in [-0.2, -0.15) is 0 Å². The van der Waals surface area contributed by atoms with Crippen LogP contribution in [0.25, 0.3) is 0 Å². The van der Waals surface area contributed by atoms with E-state index in [4.69, 9.17) is 0 Å². The zero-order valence-corrected chi connectivity index (χ0v) is 11.2. The molecule has 1 rings (SSSR count). The molecule has 1 unspecified atom stereocenters. The molecule has 0 aromatic heterocycles. The maximum atomic E-state index is 11.3. The van der Waals surface area contributed by atoms with E-state index in [0.29, 0.717) is 5.41 Å². The summed E-state index contributed by atoms with van der Waals surface area (Å²) in [5.41, 5.74) is -1.12. The summed E-state index contributed by atoms with van der Waals surface area (Å²) in [4.78, 5) is 11.3. The summed E-state index contributed by atoms with van der Waals surface area (Å²) in [7, 11) is 1.29. The molecule has 4 nitrogen and oxygen atoms in total. The Morgan fingerprint density at radius 3 is 2.53 bits per heavy atom. The Bertz CT molecular complexity index is 257. The third-order valence-corrected chi connectivity index (χ3v) is 3.71. The number of carbonyl (C=O) groups excluding carboxylic acids is 1. The van der Waals surface area contributed by atoms with Gasteiger partial charge < -0.3 is 15.2 Å². The smallest absolute Gasteiger partial charge is 0.338 e. The highest BCUT2D eigenvalue weighted by Gasteiger charge is 2.32. The second kappa shape index (κ2) is 5.83. The van der Waals surface area contributed by atoms with Crippen molar-refractivity contribution in [1.82, 2.24) is 5.32 Å². The number of methoxy groups -OCH3 is 1.